The number of ether oxygens (including phenoxy) is 1. The molecule has 0 bridgehead atoms. The average molecular weight is 556 g/mol. The maximum absolute atomic E-state index is 13.0. The van der Waals surface area contributed by atoms with Crippen LogP contribution in [-0.2, 0) is 34.3 Å². The monoisotopic (exact) mass is 555 g/mol. The maximum Gasteiger partial charge on any atom is 0.410 e. The van der Waals surface area contributed by atoms with Gasteiger partial charge in [-0.1, -0.05) is 56.6 Å². The van der Waals surface area contributed by atoms with Crippen molar-refractivity contribution in [3.63, 3.8) is 0 Å². The molecule has 200 valence electrons. The van der Waals surface area contributed by atoms with Gasteiger partial charge in [0.25, 0.3) is 5.91 Å². The van der Waals surface area contributed by atoms with Crippen molar-refractivity contribution < 1.29 is 22.7 Å². The van der Waals surface area contributed by atoms with Crippen LogP contribution in [-0.4, -0.2) is 36.1 Å². The van der Waals surface area contributed by atoms with Crippen LogP contribution in [0.2, 0.25) is 5.02 Å². The highest BCUT2D eigenvalue weighted by molar-refractivity contribution is 7.91. The summed E-state index contributed by atoms with van der Waals surface area (Å²) < 4.78 is 29.5. The van der Waals surface area contributed by atoms with Crippen molar-refractivity contribution in [1.82, 2.24) is 15.2 Å². The van der Waals surface area contributed by atoms with E-state index in [9.17, 15) is 18.0 Å². The summed E-state index contributed by atoms with van der Waals surface area (Å²) in [5.41, 5.74) is 3.55. The first-order chi connectivity index (χ1) is 18.1. The van der Waals surface area contributed by atoms with Crippen LogP contribution in [0.4, 0.5) is 4.79 Å². The highest BCUT2D eigenvalue weighted by Gasteiger charge is 2.38. The van der Waals surface area contributed by atoms with E-state index in [0.717, 1.165) is 22.4 Å². The number of rotatable bonds is 8. The first-order valence-corrected chi connectivity index (χ1v) is 14.4. The number of aromatic nitrogens is 1. The molecule has 0 saturated heterocycles. The summed E-state index contributed by atoms with van der Waals surface area (Å²) in [7, 11) is -3.27. The summed E-state index contributed by atoms with van der Waals surface area (Å²) in [4.78, 5) is 32.3. The number of fused-ring (bicyclic) bond motifs is 1. The van der Waals surface area contributed by atoms with E-state index in [4.69, 9.17) is 16.3 Å². The molecule has 8 nitrogen and oxygen atoms in total. The number of carbonyl (C=O) groups is 2. The van der Waals surface area contributed by atoms with Crippen LogP contribution in [0.5, 0.6) is 0 Å². The van der Waals surface area contributed by atoms with Gasteiger partial charge in [-0.3, -0.25) is 14.7 Å². The smallest absolute Gasteiger partial charge is 0.410 e. The third kappa shape index (κ3) is 6.16. The topological polar surface area (TPSA) is 106 Å². The fraction of sp³-hybridized carbons (Fsp3) is 0.321. The Morgan fingerprint density at radius 3 is 2.39 bits per heavy atom. The summed E-state index contributed by atoms with van der Waals surface area (Å²) in [6.07, 6.45) is 1.07. The maximum atomic E-state index is 13.0. The molecular formula is C28H30ClN3O5S. The summed E-state index contributed by atoms with van der Waals surface area (Å²) in [6.45, 7) is 6.28. The number of hydrogen-bond acceptors (Lipinski definition) is 6. The molecule has 1 atom stereocenters. The Morgan fingerprint density at radius 1 is 1.11 bits per heavy atom. The van der Waals surface area contributed by atoms with Crippen molar-refractivity contribution in [2.24, 2.45) is 5.92 Å². The minimum atomic E-state index is -3.27. The predicted molar refractivity (Wildman–Crippen MR) is 144 cm³/mol. The summed E-state index contributed by atoms with van der Waals surface area (Å²) in [5, 5.41) is 3.46. The summed E-state index contributed by atoms with van der Waals surface area (Å²) in [5.74, 6) is -0.190. The molecule has 0 aliphatic carbocycles. The van der Waals surface area contributed by atoms with Crippen molar-refractivity contribution in [1.29, 1.82) is 0 Å². The van der Waals surface area contributed by atoms with E-state index in [1.165, 1.54) is 6.20 Å². The van der Waals surface area contributed by atoms with Crippen molar-refractivity contribution in [2.75, 3.05) is 5.75 Å². The van der Waals surface area contributed by atoms with E-state index >= 15 is 0 Å². The van der Waals surface area contributed by atoms with Crippen LogP contribution in [0, 0.1) is 5.92 Å². The van der Waals surface area contributed by atoms with Crippen molar-refractivity contribution >= 4 is 33.4 Å². The molecule has 0 radical (unpaired) electrons. The number of hydrogen-bond donors (Lipinski definition) is 1. The third-order valence-electron chi connectivity index (χ3n) is 6.48. The van der Waals surface area contributed by atoms with Crippen LogP contribution in [0.15, 0.2) is 65.7 Å². The molecular weight excluding hydrogens is 526 g/mol. The Labute approximate surface area is 227 Å². The number of amides is 2. The molecule has 2 amide bonds. The molecule has 0 fully saturated rings. The number of carbonyl (C=O) groups excluding carboxylic acids is 2. The van der Waals surface area contributed by atoms with E-state index < -0.39 is 15.9 Å². The number of sulfone groups is 1. The lowest BCUT2D eigenvalue weighted by molar-refractivity contribution is 0.0736. The summed E-state index contributed by atoms with van der Waals surface area (Å²) >= 11 is 5.92. The fourth-order valence-electron chi connectivity index (χ4n) is 4.40. The molecule has 1 aromatic heterocycles. The van der Waals surface area contributed by atoms with Crippen LogP contribution >= 0.6 is 11.6 Å². The molecule has 4 rings (SSSR count). The van der Waals surface area contributed by atoms with Gasteiger partial charge in [-0.25, -0.2) is 13.2 Å². The zero-order valence-electron chi connectivity index (χ0n) is 21.5. The minimum Gasteiger partial charge on any atom is -0.445 e. The van der Waals surface area contributed by atoms with Crippen molar-refractivity contribution in [3.8, 4) is 0 Å². The van der Waals surface area contributed by atoms with Gasteiger partial charge in [0.1, 0.15) is 6.61 Å². The van der Waals surface area contributed by atoms with Crippen LogP contribution in [0.1, 0.15) is 59.6 Å². The molecule has 2 aromatic carbocycles. The molecule has 2 heterocycles. The number of nitrogens with zero attached hydrogens (tertiary/aromatic N) is 2. The first-order valence-electron chi connectivity index (χ1n) is 12.4. The zero-order chi connectivity index (χ0) is 27.4. The highest BCUT2D eigenvalue weighted by Crippen LogP contribution is 2.38. The van der Waals surface area contributed by atoms with Gasteiger partial charge in [-0.2, -0.15) is 0 Å². The van der Waals surface area contributed by atoms with Crippen LogP contribution < -0.4 is 5.32 Å². The second kappa shape index (κ2) is 11.5. The normalized spacial score (nSPS) is 14.9. The molecule has 1 aliphatic heterocycles. The lowest BCUT2D eigenvalue weighted by Crippen LogP contribution is -2.32. The largest absolute Gasteiger partial charge is 0.445 e. The van der Waals surface area contributed by atoms with E-state index in [-0.39, 0.29) is 41.7 Å². The number of pyridine rings is 1. The van der Waals surface area contributed by atoms with E-state index in [0.29, 0.717) is 17.1 Å². The third-order valence-corrected chi connectivity index (χ3v) is 8.48. The van der Waals surface area contributed by atoms with Crippen molar-refractivity contribution in [2.45, 2.75) is 51.4 Å². The standard InChI is InChI=1S/C28H30ClN3O5S/c1-4-38(35,36)24-11-7-19(8-12-24)14-31-27(33)21-13-22-16-32(26(18(2)3)25(22)30-15-21)28(34)37-17-20-5-9-23(29)10-6-20/h5-13,15,18,26H,4,14,16-17H2,1-3H3,(H,31,33). The first kappa shape index (κ1) is 27.6. The minimum absolute atomic E-state index is 0.0313. The second-order valence-corrected chi connectivity index (χ2v) is 12.2. The van der Waals surface area contributed by atoms with Gasteiger partial charge in [0.15, 0.2) is 9.84 Å². The molecule has 0 spiro atoms. The molecule has 1 N–H and O–H groups in total. The van der Waals surface area contributed by atoms with Gasteiger partial charge >= 0.3 is 6.09 Å². The Bertz CT molecular complexity index is 1420. The van der Waals surface area contributed by atoms with Gasteiger partial charge in [0, 0.05) is 17.8 Å². The Kier molecular flexibility index (Phi) is 8.38. The molecule has 0 saturated carbocycles. The van der Waals surface area contributed by atoms with Gasteiger partial charge in [0.2, 0.25) is 0 Å². The van der Waals surface area contributed by atoms with Gasteiger partial charge in [-0.05, 0) is 52.9 Å². The lowest BCUT2D eigenvalue weighted by Gasteiger charge is -2.27. The number of nitrogens with one attached hydrogen (secondary N) is 1. The molecule has 1 aliphatic rings. The van der Waals surface area contributed by atoms with Crippen molar-refractivity contribution in [3.05, 3.63) is 93.8 Å². The van der Waals surface area contributed by atoms with Crippen LogP contribution in [0.3, 0.4) is 0 Å². The van der Waals surface area contributed by atoms with Gasteiger partial charge in [-0.15, -0.1) is 0 Å². The van der Waals surface area contributed by atoms with Gasteiger partial charge in [0.05, 0.1) is 34.5 Å². The SMILES string of the molecule is CCS(=O)(=O)c1ccc(CNC(=O)c2cnc3c(c2)CN(C(=O)OCc2ccc(Cl)cc2)C3C(C)C)cc1. The molecule has 10 heteroatoms. The van der Waals surface area contributed by atoms with E-state index in [2.05, 4.69) is 10.3 Å². The fourth-order valence-corrected chi connectivity index (χ4v) is 5.41. The average Bonchev–Trinajstić information content (AvgIpc) is 3.31. The van der Waals surface area contributed by atoms with Gasteiger partial charge < -0.3 is 10.1 Å². The predicted octanol–water partition coefficient (Wildman–Crippen LogP) is 5.31. The van der Waals surface area contributed by atoms with E-state index in [1.807, 2.05) is 26.0 Å². The molecule has 38 heavy (non-hydrogen) atoms. The lowest BCUT2D eigenvalue weighted by atomic mass is 9.99. The second-order valence-electron chi connectivity index (χ2n) is 9.50. The number of benzene rings is 2. The quantitative estimate of drug-likeness (QED) is 0.404. The molecule has 3 aromatic rings. The highest BCUT2D eigenvalue weighted by atomic mass is 35.5. The van der Waals surface area contributed by atoms with E-state index in [1.54, 1.807) is 54.3 Å². The Balaban J connectivity index is 1.41. The van der Waals surface area contributed by atoms with Crippen LogP contribution in [0.25, 0.3) is 0 Å². The molecule has 1 unspecified atom stereocenters. The Morgan fingerprint density at radius 2 is 1.76 bits per heavy atom. The zero-order valence-corrected chi connectivity index (χ0v) is 23.1. The summed E-state index contributed by atoms with van der Waals surface area (Å²) in [6, 6.07) is 15.1. The number of halogens is 1. The Hall–Kier alpha value is -3.43.